The topological polar surface area (TPSA) is 61.9 Å². The fourth-order valence-electron chi connectivity index (χ4n) is 3.12. The average molecular weight is 338 g/mol. The van der Waals surface area contributed by atoms with E-state index in [-0.39, 0.29) is 5.91 Å². The number of aryl methyl sites for hydroxylation is 1. The molecule has 0 fully saturated rings. The van der Waals surface area contributed by atoms with Crippen molar-refractivity contribution >= 4 is 17.2 Å². The molecule has 0 radical (unpaired) electrons. The van der Waals surface area contributed by atoms with Crippen molar-refractivity contribution in [3.8, 4) is 11.3 Å². The molecule has 1 aliphatic heterocycles. The van der Waals surface area contributed by atoms with Crippen LogP contribution in [-0.2, 0) is 24.2 Å². The molecular formula is C18H18N4OS. The molecule has 0 saturated carbocycles. The van der Waals surface area contributed by atoms with E-state index in [1.807, 2.05) is 28.6 Å². The Labute approximate surface area is 144 Å². The minimum atomic E-state index is 0.190. The number of amides is 1. The third-order valence-electron chi connectivity index (χ3n) is 4.42. The Hall–Kier alpha value is -2.47. The molecule has 0 spiro atoms. The fraction of sp³-hybridized carbons (Fsp3) is 0.278. The van der Waals surface area contributed by atoms with Crippen LogP contribution in [0.2, 0.25) is 0 Å². The summed E-state index contributed by atoms with van der Waals surface area (Å²) >= 11 is 1.65. The number of rotatable bonds is 4. The number of aromatic amines is 1. The van der Waals surface area contributed by atoms with Gasteiger partial charge in [0.2, 0.25) is 5.91 Å². The largest absolute Gasteiger partial charge is 0.365 e. The summed E-state index contributed by atoms with van der Waals surface area (Å²) in [4.78, 5) is 26.5. The van der Waals surface area contributed by atoms with E-state index < -0.39 is 0 Å². The van der Waals surface area contributed by atoms with E-state index in [0.29, 0.717) is 13.0 Å². The van der Waals surface area contributed by atoms with Gasteiger partial charge in [-0.3, -0.25) is 4.79 Å². The Kier molecular flexibility index (Phi) is 4.13. The molecule has 0 bridgehead atoms. The van der Waals surface area contributed by atoms with Crippen LogP contribution in [0.1, 0.15) is 23.4 Å². The highest BCUT2D eigenvalue weighted by molar-refractivity contribution is 7.08. The van der Waals surface area contributed by atoms with E-state index in [0.717, 1.165) is 47.6 Å². The van der Waals surface area contributed by atoms with E-state index >= 15 is 0 Å². The Morgan fingerprint density at radius 1 is 1.33 bits per heavy atom. The highest BCUT2D eigenvalue weighted by Gasteiger charge is 2.24. The summed E-state index contributed by atoms with van der Waals surface area (Å²) in [7, 11) is 0. The van der Waals surface area contributed by atoms with Crippen LogP contribution in [0, 0.1) is 0 Å². The first-order valence-electron chi connectivity index (χ1n) is 8.06. The molecule has 3 aromatic heterocycles. The normalized spacial score (nSPS) is 13.8. The summed E-state index contributed by atoms with van der Waals surface area (Å²) in [6.07, 6.45) is 5.59. The van der Waals surface area contributed by atoms with E-state index in [4.69, 9.17) is 0 Å². The zero-order valence-electron chi connectivity index (χ0n) is 13.2. The first-order valence-corrected chi connectivity index (χ1v) is 9.01. The molecule has 24 heavy (non-hydrogen) atoms. The van der Waals surface area contributed by atoms with Crippen molar-refractivity contribution in [1.82, 2.24) is 19.9 Å². The highest BCUT2D eigenvalue weighted by atomic mass is 32.1. The molecule has 0 saturated heterocycles. The molecule has 3 aromatic rings. The molecule has 0 atom stereocenters. The lowest BCUT2D eigenvalue weighted by Crippen LogP contribution is -2.37. The number of fused-ring (bicyclic) bond motifs is 1. The number of nitrogens with zero attached hydrogens (tertiary/aromatic N) is 3. The zero-order chi connectivity index (χ0) is 16.4. The molecule has 0 aromatic carbocycles. The van der Waals surface area contributed by atoms with Crippen LogP contribution in [0.3, 0.4) is 0 Å². The van der Waals surface area contributed by atoms with Gasteiger partial charge >= 0.3 is 0 Å². The van der Waals surface area contributed by atoms with Gasteiger partial charge in [-0.2, -0.15) is 11.3 Å². The van der Waals surface area contributed by atoms with E-state index in [9.17, 15) is 4.79 Å². The second-order valence-electron chi connectivity index (χ2n) is 5.92. The van der Waals surface area contributed by atoms with Crippen LogP contribution >= 0.6 is 11.3 Å². The van der Waals surface area contributed by atoms with Gasteiger partial charge in [0.1, 0.15) is 6.33 Å². The molecule has 0 aliphatic carbocycles. The molecular weight excluding hydrogens is 320 g/mol. The second-order valence-corrected chi connectivity index (χ2v) is 6.70. The first-order chi connectivity index (χ1) is 11.8. The van der Waals surface area contributed by atoms with Crippen molar-refractivity contribution < 1.29 is 4.79 Å². The minimum absolute atomic E-state index is 0.190. The maximum absolute atomic E-state index is 12.6. The van der Waals surface area contributed by atoms with E-state index in [1.54, 1.807) is 17.7 Å². The smallest absolute Gasteiger partial charge is 0.223 e. The van der Waals surface area contributed by atoms with Gasteiger partial charge in [0.15, 0.2) is 0 Å². The number of carbonyl (C=O) groups excluding carboxylic acids is 1. The van der Waals surface area contributed by atoms with Crippen molar-refractivity contribution in [2.45, 2.75) is 25.8 Å². The average Bonchev–Trinajstić information content (AvgIpc) is 3.32. The lowest BCUT2D eigenvalue weighted by Gasteiger charge is -2.29. The van der Waals surface area contributed by atoms with Crippen molar-refractivity contribution in [1.29, 1.82) is 0 Å². The molecule has 4 rings (SSSR count). The molecule has 1 aliphatic rings. The predicted molar refractivity (Wildman–Crippen MR) is 93.6 cm³/mol. The maximum Gasteiger partial charge on any atom is 0.223 e. The summed E-state index contributed by atoms with van der Waals surface area (Å²) in [6.45, 7) is 1.33. The predicted octanol–water partition coefficient (Wildman–Crippen LogP) is 3.05. The molecule has 4 heterocycles. The highest BCUT2D eigenvalue weighted by Crippen LogP contribution is 2.29. The van der Waals surface area contributed by atoms with Gasteiger partial charge in [0, 0.05) is 54.3 Å². The third-order valence-corrected chi connectivity index (χ3v) is 5.10. The molecule has 122 valence electrons. The lowest BCUT2D eigenvalue weighted by molar-refractivity contribution is -0.132. The summed E-state index contributed by atoms with van der Waals surface area (Å²) < 4.78 is 0. The van der Waals surface area contributed by atoms with Gasteiger partial charge in [-0.1, -0.05) is 0 Å². The van der Waals surface area contributed by atoms with Gasteiger partial charge in [-0.05, 0) is 30.0 Å². The van der Waals surface area contributed by atoms with Crippen LogP contribution in [0.4, 0.5) is 0 Å². The number of H-pyrrole nitrogens is 1. The summed E-state index contributed by atoms with van der Waals surface area (Å²) in [5.41, 5.74) is 5.33. The van der Waals surface area contributed by atoms with Crippen molar-refractivity contribution in [2.75, 3.05) is 6.54 Å². The molecule has 1 N–H and O–H groups in total. The zero-order valence-corrected chi connectivity index (χ0v) is 14.1. The Balaban J connectivity index is 1.51. The van der Waals surface area contributed by atoms with E-state index in [1.165, 1.54) is 0 Å². The van der Waals surface area contributed by atoms with Gasteiger partial charge in [-0.25, -0.2) is 9.97 Å². The third kappa shape index (κ3) is 2.97. The SMILES string of the molecule is O=C(CCc1ccc[nH]1)N1CCc2ncnc(-c3ccsc3)c2C1. The quantitative estimate of drug-likeness (QED) is 0.795. The van der Waals surface area contributed by atoms with Crippen LogP contribution in [0.25, 0.3) is 11.3 Å². The van der Waals surface area contributed by atoms with Crippen molar-refractivity contribution in [2.24, 2.45) is 0 Å². The van der Waals surface area contributed by atoms with E-state index in [2.05, 4.69) is 26.4 Å². The minimum Gasteiger partial charge on any atom is -0.365 e. The van der Waals surface area contributed by atoms with Crippen molar-refractivity contribution in [3.05, 3.63) is 58.4 Å². The first kappa shape index (κ1) is 15.1. The van der Waals surface area contributed by atoms with Gasteiger partial charge in [-0.15, -0.1) is 0 Å². The van der Waals surface area contributed by atoms with Crippen molar-refractivity contribution in [3.63, 3.8) is 0 Å². The Bertz CT molecular complexity index is 827. The number of thiophene rings is 1. The summed E-state index contributed by atoms with van der Waals surface area (Å²) in [5, 5.41) is 4.14. The standard InChI is InChI=1S/C18H18N4OS/c23-17(4-3-14-2-1-7-19-14)22-8-5-16-15(10-22)18(21-12-20-16)13-6-9-24-11-13/h1-2,6-7,9,11-12,19H,3-5,8,10H2. The number of hydrogen-bond acceptors (Lipinski definition) is 4. The van der Waals surface area contributed by atoms with Crippen LogP contribution in [0.15, 0.2) is 41.5 Å². The molecule has 6 heteroatoms. The monoisotopic (exact) mass is 338 g/mol. The number of nitrogens with one attached hydrogen (secondary N) is 1. The summed E-state index contributed by atoms with van der Waals surface area (Å²) in [5.74, 6) is 0.190. The van der Waals surface area contributed by atoms with Gasteiger partial charge in [0.05, 0.1) is 11.4 Å². The van der Waals surface area contributed by atoms with Gasteiger partial charge < -0.3 is 9.88 Å². The second kappa shape index (κ2) is 6.57. The number of aromatic nitrogens is 3. The Morgan fingerprint density at radius 3 is 3.08 bits per heavy atom. The molecule has 1 amide bonds. The summed E-state index contributed by atoms with van der Waals surface area (Å²) in [6, 6.07) is 6.04. The number of carbonyl (C=O) groups is 1. The van der Waals surface area contributed by atoms with Crippen LogP contribution in [-0.4, -0.2) is 32.3 Å². The van der Waals surface area contributed by atoms with Crippen LogP contribution < -0.4 is 0 Å². The van der Waals surface area contributed by atoms with Gasteiger partial charge in [0.25, 0.3) is 0 Å². The fourth-order valence-corrected chi connectivity index (χ4v) is 3.77. The Morgan fingerprint density at radius 2 is 2.29 bits per heavy atom. The molecule has 0 unspecified atom stereocenters. The maximum atomic E-state index is 12.6. The number of hydrogen-bond donors (Lipinski definition) is 1. The van der Waals surface area contributed by atoms with Crippen LogP contribution in [0.5, 0.6) is 0 Å². The molecule has 5 nitrogen and oxygen atoms in total. The lowest BCUT2D eigenvalue weighted by atomic mass is 10.0.